The molecule has 1 aliphatic carbocycles. The minimum absolute atomic E-state index is 0.132. The topological polar surface area (TPSA) is 12.0 Å². The van der Waals surface area contributed by atoms with E-state index in [1.54, 1.807) is 6.07 Å². The minimum atomic E-state index is -0.132. The van der Waals surface area contributed by atoms with Crippen LogP contribution in [0.25, 0.3) is 0 Å². The van der Waals surface area contributed by atoms with Crippen LogP contribution in [0.2, 0.25) is 0 Å². The van der Waals surface area contributed by atoms with Gasteiger partial charge in [0.25, 0.3) is 0 Å². The van der Waals surface area contributed by atoms with Crippen LogP contribution in [0.15, 0.2) is 18.2 Å². The molecule has 1 aromatic rings. The number of anilines is 1. The molecule has 94 valence electrons. The van der Waals surface area contributed by atoms with Crippen molar-refractivity contribution in [1.82, 2.24) is 0 Å². The van der Waals surface area contributed by atoms with E-state index in [0.29, 0.717) is 15.5 Å². The quantitative estimate of drug-likeness (QED) is 0.767. The predicted molar refractivity (Wildman–Crippen MR) is 78.7 cm³/mol. The Morgan fingerprint density at radius 1 is 1.29 bits per heavy atom. The third kappa shape index (κ3) is 3.12. The fourth-order valence-corrected chi connectivity index (χ4v) is 3.06. The first-order valence-corrected chi connectivity index (χ1v) is 7.36. The molecule has 1 N–H and O–H groups in total. The molecule has 0 bridgehead atoms. The van der Waals surface area contributed by atoms with Gasteiger partial charge in [0.2, 0.25) is 0 Å². The molecule has 0 radical (unpaired) electrons. The average molecular weight is 347 g/mol. The highest BCUT2D eigenvalue weighted by molar-refractivity contribution is 14.1. The lowest BCUT2D eigenvalue weighted by atomic mass is 9.80. The molecular weight excluding hydrogens is 328 g/mol. The Morgan fingerprint density at radius 2 is 2.06 bits per heavy atom. The maximum atomic E-state index is 13.5. The van der Waals surface area contributed by atoms with Crippen LogP contribution in [0, 0.1) is 21.2 Å². The van der Waals surface area contributed by atoms with E-state index in [0.717, 1.165) is 11.6 Å². The molecule has 2 rings (SSSR count). The number of hydrogen-bond donors (Lipinski definition) is 1. The molecule has 0 aromatic heterocycles. The highest BCUT2D eigenvalue weighted by atomic mass is 127. The van der Waals surface area contributed by atoms with Gasteiger partial charge < -0.3 is 5.32 Å². The molecule has 0 spiro atoms. The number of benzene rings is 1. The van der Waals surface area contributed by atoms with Crippen LogP contribution in [-0.4, -0.2) is 6.04 Å². The van der Waals surface area contributed by atoms with Crippen molar-refractivity contribution < 1.29 is 4.39 Å². The Morgan fingerprint density at radius 3 is 2.82 bits per heavy atom. The van der Waals surface area contributed by atoms with Gasteiger partial charge in [0, 0.05) is 6.04 Å². The summed E-state index contributed by atoms with van der Waals surface area (Å²) >= 11 is 2.08. The Bertz CT molecular complexity index is 394. The summed E-state index contributed by atoms with van der Waals surface area (Å²) in [5, 5.41) is 3.52. The Kier molecular flexibility index (Phi) is 4.28. The highest BCUT2D eigenvalue weighted by Crippen LogP contribution is 2.32. The van der Waals surface area contributed by atoms with E-state index in [9.17, 15) is 4.39 Å². The summed E-state index contributed by atoms with van der Waals surface area (Å²) in [6.07, 6.45) is 3.78. The van der Waals surface area contributed by atoms with Gasteiger partial charge in [-0.3, -0.25) is 0 Å². The third-order valence-electron chi connectivity index (χ3n) is 3.75. The minimum Gasteiger partial charge on any atom is -0.381 e. The van der Waals surface area contributed by atoms with E-state index in [-0.39, 0.29) is 5.82 Å². The van der Waals surface area contributed by atoms with E-state index in [1.807, 2.05) is 6.07 Å². The molecule has 17 heavy (non-hydrogen) atoms. The van der Waals surface area contributed by atoms with Crippen molar-refractivity contribution in [1.29, 1.82) is 0 Å². The molecule has 1 fully saturated rings. The van der Waals surface area contributed by atoms with Crippen molar-refractivity contribution in [2.45, 2.75) is 39.2 Å². The molecule has 0 aliphatic heterocycles. The molecule has 0 amide bonds. The highest BCUT2D eigenvalue weighted by Gasteiger charge is 2.25. The first-order chi connectivity index (χ1) is 8.08. The number of rotatable bonds is 2. The van der Waals surface area contributed by atoms with Crippen molar-refractivity contribution >= 4 is 28.3 Å². The van der Waals surface area contributed by atoms with Crippen LogP contribution in [0.4, 0.5) is 10.1 Å². The van der Waals surface area contributed by atoms with Crippen molar-refractivity contribution in [2.24, 2.45) is 11.8 Å². The van der Waals surface area contributed by atoms with Gasteiger partial charge in [0.1, 0.15) is 5.82 Å². The second-order valence-electron chi connectivity index (χ2n) is 5.25. The molecule has 1 aliphatic rings. The number of halogens is 2. The zero-order valence-corrected chi connectivity index (χ0v) is 12.5. The molecule has 1 saturated carbocycles. The molecule has 0 heterocycles. The van der Waals surface area contributed by atoms with Crippen molar-refractivity contribution in [3.05, 3.63) is 27.6 Å². The van der Waals surface area contributed by atoms with E-state index >= 15 is 0 Å². The van der Waals surface area contributed by atoms with E-state index < -0.39 is 0 Å². The van der Waals surface area contributed by atoms with Crippen LogP contribution in [0.3, 0.4) is 0 Å². The zero-order valence-electron chi connectivity index (χ0n) is 10.3. The van der Waals surface area contributed by atoms with Gasteiger partial charge in [0.05, 0.1) is 9.26 Å². The summed E-state index contributed by atoms with van der Waals surface area (Å²) < 4.78 is 14.2. The van der Waals surface area contributed by atoms with Gasteiger partial charge >= 0.3 is 0 Å². The van der Waals surface area contributed by atoms with Gasteiger partial charge in [-0.1, -0.05) is 26.3 Å². The average Bonchev–Trinajstić information content (AvgIpc) is 2.30. The van der Waals surface area contributed by atoms with Gasteiger partial charge in [-0.25, -0.2) is 4.39 Å². The Balaban J connectivity index is 2.11. The molecule has 3 heteroatoms. The van der Waals surface area contributed by atoms with E-state index in [2.05, 4.69) is 41.8 Å². The number of hydrogen-bond acceptors (Lipinski definition) is 1. The fourth-order valence-electron chi connectivity index (χ4n) is 2.55. The SMILES string of the molecule is CC1CCC(C)C(Nc2cccc(F)c2I)C1. The summed E-state index contributed by atoms with van der Waals surface area (Å²) in [5.41, 5.74) is 0.941. The summed E-state index contributed by atoms with van der Waals surface area (Å²) in [6.45, 7) is 4.59. The Hall–Kier alpha value is -0.320. The van der Waals surface area contributed by atoms with Crippen LogP contribution in [-0.2, 0) is 0 Å². The molecule has 3 unspecified atom stereocenters. The lowest BCUT2D eigenvalue weighted by molar-refractivity contribution is 0.280. The van der Waals surface area contributed by atoms with Gasteiger partial charge in [-0.15, -0.1) is 0 Å². The largest absolute Gasteiger partial charge is 0.381 e. The zero-order chi connectivity index (χ0) is 12.4. The van der Waals surface area contributed by atoms with Crippen molar-refractivity contribution in [2.75, 3.05) is 5.32 Å². The van der Waals surface area contributed by atoms with Gasteiger partial charge in [0.15, 0.2) is 0 Å². The van der Waals surface area contributed by atoms with Crippen molar-refractivity contribution in [3.63, 3.8) is 0 Å². The number of nitrogens with one attached hydrogen (secondary N) is 1. The summed E-state index contributed by atoms with van der Waals surface area (Å²) in [4.78, 5) is 0. The molecule has 1 aromatic carbocycles. The normalized spacial score (nSPS) is 29.1. The van der Waals surface area contributed by atoms with Gasteiger partial charge in [-0.05, 0) is 59.4 Å². The lowest BCUT2D eigenvalue weighted by Gasteiger charge is -2.34. The lowest BCUT2D eigenvalue weighted by Crippen LogP contribution is -2.33. The molecular formula is C14H19FIN. The second-order valence-corrected chi connectivity index (χ2v) is 6.33. The summed E-state index contributed by atoms with van der Waals surface area (Å²) in [6, 6.07) is 5.74. The van der Waals surface area contributed by atoms with Crippen LogP contribution < -0.4 is 5.32 Å². The van der Waals surface area contributed by atoms with E-state index in [4.69, 9.17) is 0 Å². The predicted octanol–water partition coefficient (Wildman–Crippen LogP) is 4.67. The smallest absolute Gasteiger partial charge is 0.138 e. The van der Waals surface area contributed by atoms with Gasteiger partial charge in [-0.2, -0.15) is 0 Å². The first-order valence-electron chi connectivity index (χ1n) is 6.28. The first kappa shape index (κ1) is 13.1. The van der Waals surface area contributed by atoms with Crippen molar-refractivity contribution in [3.8, 4) is 0 Å². The second kappa shape index (κ2) is 5.55. The molecule has 3 atom stereocenters. The van der Waals surface area contributed by atoms with Crippen LogP contribution >= 0.6 is 22.6 Å². The standard InChI is InChI=1S/C14H19FIN/c1-9-6-7-10(2)13(8-9)17-12-5-3-4-11(15)14(12)16/h3-5,9-10,13,17H,6-8H2,1-2H3. The molecule has 0 saturated heterocycles. The maximum absolute atomic E-state index is 13.5. The Labute approximate surface area is 116 Å². The monoisotopic (exact) mass is 347 g/mol. The van der Waals surface area contributed by atoms with E-state index in [1.165, 1.54) is 25.3 Å². The molecule has 1 nitrogen and oxygen atoms in total. The maximum Gasteiger partial charge on any atom is 0.138 e. The van der Waals surface area contributed by atoms with Crippen LogP contribution in [0.5, 0.6) is 0 Å². The van der Waals surface area contributed by atoms with Crippen LogP contribution in [0.1, 0.15) is 33.1 Å². The summed E-state index contributed by atoms with van der Waals surface area (Å²) in [7, 11) is 0. The fraction of sp³-hybridized carbons (Fsp3) is 0.571. The summed E-state index contributed by atoms with van der Waals surface area (Å²) in [5.74, 6) is 1.31. The third-order valence-corrected chi connectivity index (χ3v) is 4.85.